The number of aryl methyl sites for hydroxylation is 1. The van der Waals surface area contributed by atoms with Crippen LogP contribution in [0.1, 0.15) is 24.8 Å². The number of nitrogens with zero attached hydrogens (tertiary/aromatic N) is 4. The van der Waals surface area contributed by atoms with Crippen molar-refractivity contribution in [2.24, 2.45) is 0 Å². The maximum absolute atomic E-state index is 11.6. The van der Waals surface area contributed by atoms with Crippen molar-refractivity contribution in [2.75, 3.05) is 12.8 Å². The number of benzene rings is 1. The summed E-state index contributed by atoms with van der Waals surface area (Å²) in [6, 6.07) is 9.27. The topological polar surface area (TPSA) is 129 Å². The van der Waals surface area contributed by atoms with Crippen molar-refractivity contribution in [3.05, 3.63) is 53.0 Å². The third-order valence-electron chi connectivity index (χ3n) is 6.39. The van der Waals surface area contributed by atoms with E-state index in [4.69, 9.17) is 15.2 Å². The Morgan fingerprint density at radius 3 is 2.88 bits per heavy atom. The second-order valence-corrected chi connectivity index (χ2v) is 9.20. The van der Waals surface area contributed by atoms with Crippen molar-refractivity contribution in [3.8, 4) is 5.75 Å². The van der Waals surface area contributed by atoms with Gasteiger partial charge in [0.2, 0.25) is 0 Å². The minimum Gasteiger partial charge on any atom is -0.488 e. The van der Waals surface area contributed by atoms with E-state index in [1.165, 1.54) is 13.4 Å². The molecule has 9 nitrogen and oxygen atoms in total. The van der Waals surface area contributed by atoms with E-state index in [-0.39, 0.29) is 6.42 Å². The van der Waals surface area contributed by atoms with Gasteiger partial charge in [-0.3, -0.25) is 0 Å². The van der Waals surface area contributed by atoms with Crippen LogP contribution >= 0.6 is 15.9 Å². The van der Waals surface area contributed by atoms with Crippen molar-refractivity contribution in [1.82, 2.24) is 19.5 Å². The van der Waals surface area contributed by atoms with Gasteiger partial charge in [0.1, 0.15) is 41.4 Å². The minimum absolute atomic E-state index is 0.285. The molecule has 0 spiro atoms. The number of aromatic nitrogens is 4. The number of methoxy groups -OCH3 is 1. The number of pyridine rings is 1. The minimum atomic E-state index is -1.57. The smallest absolute Gasteiger partial charge is 0.163 e. The summed E-state index contributed by atoms with van der Waals surface area (Å²) in [4.78, 5) is 12.9. The van der Waals surface area contributed by atoms with Gasteiger partial charge in [0.25, 0.3) is 0 Å². The lowest BCUT2D eigenvalue weighted by atomic mass is 9.96. The molecule has 1 aliphatic carbocycles. The Hall–Kier alpha value is -2.79. The van der Waals surface area contributed by atoms with Gasteiger partial charge >= 0.3 is 0 Å². The van der Waals surface area contributed by atoms with E-state index < -0.39 is 24.0 Å². The van der Waals surface area contributed by atoms with Gasteiger partial charge in [-0.25, -0.2) is 15.0 Å². The van der Waals surface area contributed by atoms with Crippen LogP contribution < -0.4 is 10.5 Å². The number of aliphatic hydroxyl groups is 2. The molecule has 10 heteroatoms. The van der Waals surface area contributed by atoms with E-state index in [1.54, 1.807) is 16.8 Å². The highest BCUT2D eigenvalue weighted by molar-refractivity contribution is 9.10. The first kappa shape index (κ1) is 22.0. The summed E-state index contributed by atoms with van der Waals surface area (Å²) in [5.74, 6) is 0.975. The highest BCUT2D eigenvalue weighted by Gasteiger charge is 2.54. The predicted octanol–water partition coefficient (Wildman–Crippen LogP) is 3.11. The fourth-order valence-electron chi connectivity index (χ4n) is 4.66. The molecule has 0 bridgehead atoms. The maximum atomic E-state index is 11.6. The van der Waals surface area contributed by atoms with Gasteiger partial charge in [0, 0.05) is 30.1 Å². The van der Waals surface area contributed by atoms with Crippen LogP contribution in [0.25, 0.3) is 21.9 Å². The highest BCUT2D eigenvalue weighted by atomic mass is 79.9. The Kier molecular flexibility index (Phi) is 5.48. The maximum Gasteiger partial charge on any atom is 0.163 e. The standard InChI is InChI=1S/C23H24BrN5O4/c1-12-15-6-8-29(21(15)27-11-26-12)22(30)23(31)7-5-18(19(23)32-2)33-14-4-3-13-9-16(24)20(25)28-17(13)10-14/h3-4,6,8-11,18-19,22,30-31H,5,7H2,1-2H3,(H2,25,28)/t18-,19+,22+,23+/m0/s1. The Morgan fingerprint density at radius 2 is 2.09 bits per heavy atom. The molecule has 1 aromatic carbocycles. The van der Waals surface area contributed by atoms with E-state index in [0.29, 0.717) is 29.2 Å². The zero-order valence-electron chi connectivity index (χ0n) is 18.1. The summed E-state index contributed by atoms with van der Waals surface area (Å²) < 4.78 is 14.2. The summed E-state index contributed by atoms with van der Waals surface area (Å²) in [6.07, 6.45) is 1.40. The Balaban J connectivity index is 1.43. The average Bonchev–Trinajstić information content (AvgIpc) is 3.37. The largest absolute Gasteiger partial charge is 0.488 e. The normalized spacial score (nSPS) is 23.9. The van der Waals surface area contributed by atoms with Gasteiger partial charge < -0.3 is 30.0 Å². The number of hydrogen-bond acceptors (Lipinski definition) is 8. The van der Waals surface area contributed by atoms with Gasteiger partial charge in [-0.1, -0.05) is 0 Å². The molecule has 3 aromatic heterocycles. The number of ether oxygens (including phenoxy) is 2. The predicted molar refractivity (Wildman–Crippen MR) is 127 cm³/mol. The van der Waals surface area contributed by atoms with E-state index in [9.17, 15) is 10.2 Å². The van der Waals surface area contributed by atoms with Crippen LogP contribution in [-0.4, -0.2) is 54.7 Å². The fourth-order valence-corrected chi connectivity index (χ4v) is 5.00. The molecule has 0 unspecified atom stereocenters. The quantitative estimate of drug-likeness (QED) is 0.371. The lowest BCUT2D eigenvalue weighted by molar-refractivity contribution is -0.179. The first-order valence-corrected chi connectivity index (χ1v) is 11.3. The van der Waals surface area contributed by atoms with Crippen LogP contribution in [0.3, 0.4) is 0 Å². The first-order chi connectivity index (χ1) is 15.8. The molecule has 4 N–H and O–H groups in total. The monoisotopic (exact) mass is 513 g/mol. The lowest BCUT2D eigenvalue weighted by Gasteiger charge is -2.36. The lowest BCUT2D eigenvalue weighted by Crippen LogP contribution is -2.50. The van der Waals surface area contributed by atoms with Gasteiger partial charge in [-0.05, 0) is 60.0 Å². The Bertz CT molecular complexity index is 1350. The summed E-state index contributed by atoms with van der Waals surface area (Å²) in [7, 11) is 1.50. The Labute approximate surface area is 198 Å². The SMILES string of the molecule is CO[C@@H]1[C@@H](Oc2ccc3cc(Br)c(N)nc3c2)CC[C@]1(O)[C@@H](O)n1ccc2c(C)ncnc21. The molecule has 1 aliphatic rings. The van der Waals surface area contributed by atoms with E-state index in [2.05, 4.69) is 30.9 Å². The van der Waals surface area contributed by atoms with Crippen molar-refractivity contribution < 1.29 is 19.7 Å². The molecule has 5 rings (SSSR count). The molecule has 4 aromatic rings. The molecule has 0 amide bonds. The Morgan fingerprint density at radius 1 is 1.27 bits per heavy atom. The second kappa shape index (κ2) is 8.21. The number of halogens is 1. The van der Waals surface area contributed by atoms with Gasteiger partial charge in [0.15, 0.2) is 6.23 Å². The van der Waals surface area contributed by atoms with Gasteiger partial charge in [-0.2, -0.15) is 0 Å². The molecule has 0 saturated heterocycles. The second-order valence-electron chi connectivity index (χ2n) is 8.35. The van der Waals surface area contributed by atoms with Crippen LogP contribution in [-0.2, 0) is 4.74 Å². The molecular formula is C23H24BrN5O4. The molecule has 1 saturated carbocycles. The molecule has 3 heterocycles. The molecule has 172 valence electrons. The van der Waals surface area contributed by atoms with Crippen molar-refractivity contribution in [1.29, 1.82) is 0 Å². The van der Waals surface area contributed by atoms with Crippen LogP contribution in [0.4, 0.5) is 5.82 Å². The summed E-state index contributed by atoms with van der Waals surface area (Å²) in [5.41, 5.74) is 6.39. The van der Waals surface area contributed by atoms with E-state index in [1.807, 2.05) is 31.2 Å². The van der Waals surface area contributed by atoms with Crippen molar-refractivity contribution in [2.45, 2.75) is 43.8 Å². The van der Waals surface area contributed by atoms with Crippen LogP contribution in [0.15, 0.2) is 47.3 Å². The molecule has 0 aliphatic heterocycles. The van der Waals surface area contributed by atoms with Crippen molar-refractivity contribution >= 4 is 43.7 Å². The zero-order chi connectivity index (χ0) is 23.3. The first-order valence-electron chi connectivity index (χ1n) is 10.6. The van der Waals surface area contributed by atoms with Crippen LogP contribution in [0.2, 0.25) is 0 Å². The highest BCUT2D eigenvalue weighted by Crippen LogP contribution is 2.42. The summed E-state index contributed by atoms with van der Waals surface area (Å²) in [5, 5.41) is 24.5. The molecule has 33 heavy (non-hydrogen) atoms. The summed E-state index contributed by atoms with van der Waals surface area (Å²) in [6.45, 7) is 1.87. The van der Waals surface area contributed by atoms with Gasteiger partial charge in [0.05, 0.1) is 15.7 Å². The van der Waals surface area contributed by atoms with Crippen LogP contribution in [0, 0.1) is 6.92 Å². The average molecular weight is 514 g/mol. The number of aliphatic hydroxyl groups excluding tert-OH is 1. The number of nitrogens with two attached hydrogens (primary N) is 1. The molecule has 1 fully saturated rings. The van der Waals surface area contributed by atoms with Crippen LogP contribution in [0.5, 0.6) is 5.75 Å². The number of anilines is 1. The number of rotatable bonds is 5. The van der Waals surface area contributed by atoms with Gasteiger partial charge in [-0.15, -0.1) is 0 Å². The number of nitrogen functional groups attached to an aromatic ring is 1. The third-order valence-corrected chi connectivity index (χ3v) is 7.03. The molecular weight excluding hydrogens is 490 g/mol. The summed E-state index contributed by atoms with van der Waals surface area (Å²) >= 11 is 3.39. The number of hydrogen-bond donors (Lipinski definition) is 3. The number of fused-ring (bicyclic) bond motifs is 2. The molecule has 0 radical (unpaired) electrons. The molecule has 4 atom stereocenters. The van der Waals surface area contributed by atoms with E-state index in [0.717, 1.165) is 20.9 Å². The third kappa shape index (κ3) is 3.63. The fraction of sp³-hybridized carbons (Fsp3) is 0.348. The zero-order valence-corrected chi connectivity index (χ0v) is 19.7. The van der Waals surface area contributed by atoms with E-state index >= 15 is 0 Å². The van der Waals surface area contributed by atoms with Crippen molar-refractivity contribution in [3.63, 3.8) is 0 Å².